The van der Waals surface area contributed by atoms with E-state index in [2.05, 4.69) is 15.0 Å². The highest BCUT2D eigenvalue weighted by atomic mass is 32.1. The van der Waals surface area contributed by atoms with Crippen LogP contribution in [0.4, 0.5) is 0 Å². The van der Waals surface area contributed by atoms with E-state index in [0.717, 1.165) is 32.9 Å². The molecule has 0 bridgehead atoms. The molecule has 4 heterocycles. The molecule has 0 radical (unpaired) electrons. The van der Waals surface area contributed by atoms with Crippen molar-refractivity contribution in [2.75, 3.05) is 0 Å². The van der Waals surface area contributed by atoms with Gasteiger partial charge in [0.2, 0.25) is 0 Å². The Labute approximate surface area is 181 Å². The lowest BCUT2D eigenvalue weighted by atomic mass is 9.89. The first-order valence-corrected chi connectivity index (χ1v) is 10.9. The van der Waals surface area contributed by atoms with Gasteiger partial charge in [0.25, 0.3) is 0 Å². The molecule has 0 saturated carbocycles. The highest BCUT2D eigenvalue weighted by Crippen LogP contribution is 2.46. The second-order valence-corrected chi connectivity index (χ2v) is 8.60. The van der Waals surface area contributed by atoms with Gasteiger partial charge in [-0.25, -0.2) is 9.97 Å². The third-order valence-electron chi connectivity index (χ3n) is 5.90. The standard InChI is InChI=1S/C24H18N4O2S/c29-20-11-24(30,21-17(20)7-3-8-25-21)15-5-1-4-14(10-15)19-13-31-23(28-19)18-12-27-22-16(18)6-2-9-26-22/h1-10,12-13,20,29-30H,11H2,(H,26,27)/t20-,24-/m0/s1. The van der Waals surface area contributed by atoms with E-state index in [1.54, 1.807) is 29.8 Å². The second-order valence-electron chi connectivity index (χ2n) is 7.74. The predicted molar refractivity (Wildman–Crippen MR) is 119 cm³/mol. The van der Waals surface area contributed by atoms with E-state index in [9.17, 15) is 10.2 Å². The number of aliphatic hydroxyl groups excluding tert-OH is 1. The molecule has 4 aromatic heterocycles. The normalized spacial score (nSPS) is 20.3. The number of aromatic amines is 1. The summed E-state index contributed by atoms with van der Waals surface area (Å²) in [6, 6.07) is 15.2. The number of hydrogen-bond donors (Lipinski definition) is 3. The first-order chi connectivity index (χ1) is 15.1. The lowest BCUT2D eigenvalue weighted by Crippen LogP contribution is -2.25. The van der Waals surface area contributed by atoms with Gasteiger partial charge in [-0.2, -0.15) is 0 Å². The number of rotatable bonds is 3. The fourth-order valence-electron chi connectivity index (χ4n) is 4.37. The molecule has 5 aromatic rings. The summed E-state index contributed by atoms with van der Waals surface area (Å²) in [6.45, 7) is 0. The summed E-state index contributed by atoms with van der Waals surface area (Å²) in [6.07, 6.45) is 4.79. The van der Waals surface area contributed by atoms with Crippen LogP contribution in [0.15, 0.2) is 72.5 Å². The van der Waals surface area contributed by atoms with Crippen molar-refractivity contribution in [3.05, 3.63) is 89.3 Å². The van der Waals surface area contributed by atoms with Gasteiger partial charge in [0.05, 0.1) is 17.5 Å². The number of aliphatic hydroxyl groups is 2. The zero-order valence-corrected chi connectivity index (χ0v) is 17.2. The number of nitrogens with one attached hydrogen (secondary N) is 1. The molecule has 7 heteroatoms. The first kappa shape index (κ1) is 18.4. The molecule has 31 heavy (non-hydrogen) atoms. The molecule has 2 atom stereocenters. The van der Waals surface area contributed by atoms with Crippen molar-refractivity contribution in [3.8, 4) is 21.8 Å². The number of H-pyrrole nitrogens is 1. The van der Waals surface area contributed by atoms with Gasteiger partial charge in [-0.15, -0.1) is 11.3 Å². The van der Waals surface area contributed by atoms with Gasteiger partial charge in [0, 0.05) is 52.5 Å². The molecule has 3 N–H and O–H groups in total. The van der Waals surface area contributed by atoms with Crippen LogP contribution in [0.25, 0.3) is 32.9 Å². The van der Waals surface area contributed by atoms with E-state index >= 15 is 0 Å². The number of aromatic nitrogens is 4. The monoisotopic (exact) mass is 426 g/mol. The summed E-state index contributed by atoms with van der Waals surface area (Å²) < 4.78 is 0. The Kier molecular flexibility index (Phi) is 4.04. The van der Waals surface area contributed by atoms with Gasteiger partial charge in [-0.1, -0.05) is 24.3 Å². The summed E-state index contributed by atoms with van der Waals surface area (Å²) in [4.78, 5) is 16.8. The van der Waals surface area contributed by atoms with Crippen molar-refractivity contribution in [1.29, 1.82) is 0 Å². The average molecular weight is 427 g/mol. The largest absolute Gasteiger partial charge is 0.388 e. The van der Waals surface area contributed by atoms with Crippen molar-refractivity contribution in [1.82, 2.24) is 19.9 Å². The Bertz CT molecular complexity index is 1430. The van der Waals surface area contributed by atoms with Crippen molar-refractivity contribution < 1.29 is 10.2 Å². The van der Waals surface area contributed by atoms with Crippen LogP contribution in [0.1, 0.15) is 29.3 Å². The summed E-state index contributed by atoms with van der Waals surface area (Å²) in [5, 5.41) is 25.9. The maximum absolute atomic E-state index is 11.5. The van der Waals surface area contributed by atoms with Crippen LogP contribution in [0.5, 0.6) is 0 Å². The van der Waals surface area contributed by atoms with Gasteiger partial charge >= 0.3 is 0 Å². The molecule has 0 spiro atoms. The van der Waals surface area contributed by atoms with Crippen LogP contribution in [-0.2, 0) is 5.60 Å². The molecular weight excluding hydrogens is 408 g/mol. The second kappa shape index (κ2) is 6.81. The van der Waals surface area contributed by atoms with Crippen molar-refractivity contribution in [2.24, 2.45) is 0 Å². The quantitative estimate of drug-likeness (QED) is 0.397. The van der Waals surface area contributed by atoms with Gasteiger partial charge in [0.1, 0.15) is 16.3 Å². The number of nitrogens with zero attached hydrogens (tertiary/aromatic N) is 3. The molecule has 0 fully saturated rings. The van der Waals surface area contributed by atoms with E-state index < -0.39 is 11.7 Å². The van der Waals surface area contributed by atoms with Gasteiger partial charge in [-0.05, 0) is 29.8 Å². The summed E-state index contributed by atoms with van der Waals surface area (Å²) >= 11 is 1.57. The predicted octanol–water partition coefficient (Wildman–Crippen LogP) is 4.42. The smallest absolute Gasteiger partial charge is 0.137 e. The fourth-order valence-corrected chi connectivity index (χ4v) is 5.23. The van der Waals surface area contributed by atoms with Crippen LogP contribution in [-0.4, -0.2) is 30.1 Å². The van der Waals surface area contributed by atoms with Crippen LogP contribution < -0.4 is 0 Å². The van der Waals surface area contributed by atoms with Crippen molar-refractivity contribution in [3.63, 3.8) is 0 Å². The zero-order valence-electron chi connectivity index (χ0n) is 16.4. The number of pyridine rings is 2. The molecule has 1 aliphatic rings. The van der Waals surface area contributed by atoms with Crippen LogP contribution in [0.3, 0.4) is 0 Å². The Hall–Kier alpha value is -3.39. The number of thiazole rings is 1. The maximum Gasteiger partial charge on any atom is 0.137 e. The topological polar surface area (TPSA) is 94.9 Å². The molecule has 0 unspecified atom stereocenters. The highest BCUT2D eigenvalue weighted by molar-refractivity contribution is 7.13. The number of fused-ring (bicyclic) bond motifs is 2. The van der Waals surface area contributed by atoms with Crippen LogP contribution in [0.2, 0.25) is 0 Å². The number of hydrogen-bond acceptors (Lipinski definition) is 6. The Balaban J connectivity index is 1.40. The SMILES string of the molecule is O[C@H]1C[C@](O)(c2cccc(-c3csc(-c4c[nH]c5ncccc45)n3)c2)c2ncccc21. The van der Waals surface area contributed by atoms with E-state index in [1.165, 1.54) is 0 Å². The summed E-state index contributed by atoms with van der Waals surface area (Å²) in [5.74, 6) is 0. The first-order valence-electron chi connectivity index (χ1n) is 9.98. The molecule has 0 aliphatic heterocycles. The van der Waals surface area contributed by atoms with Crippen LogP contribution in [0, 0.1) is 0 Å². The third-order valence-corrected chi connectivity index (χ3v) is 6.78. The zero-order chi connectivity index (χ0) is 21.0. The van der Waals surface area contributed by atoms with Crippen molar-refractivity contribution in [2.45, 2.75) is 18.1 Å². The highest BCUT2D eigenvalue weighted by Gasteiger charge is 2.44. The van der Waals surface area contributed by atoms with E-state index in [4.69, 9.17) is 4.98 Å². The minimum atomic E-state index is -1.33. The Morgan fingerprint density at radius 3 is 2.87 bits per heavy atom. The molecule has 1 aromatic carbocycles. The minimum absolute atomic E-state index is 0.188. The summed E-state index contributed by atoms with van der Waals surface area (Å²) in [7, 11) is 0. The molecule has 6 rings (SSSR count). The maximum atomic E-state index is 11.5. The molecule has 152 valence electrons. The summed E-state index contributed by atoms with van der Waals surface area (Å²) in [5.41, 5.74) is 4.17. The minimum Gasteiger partial charge on any atom is -0.388 e. The van der Waals surface area contributed by atoms with Gasteiger partial charge < -0.3 is 15.2 Å². The lowest BCUT2D eigenvalue weighted by molar-refractivity contribution is 0.0389. The molecule has 0 amide bonds. The average Bonchev–Trinajstić information content (AvgIpc) is 3.51. The number of benzene rings is 1. The Morgan fingerprint density at radius 2 is 1.94 bits per heavy atom. The lowest BCUT2D eigenvalue weighted by Gasteiger charge is -2.24. The molecular formula is C24H18N4O2S. The van der Waals surface area contributed by atoms with E-state index in [1.807, 2.05) is 54.0 Å². The molecule has 6 nitrogen and oxygen atoms in total. The fraction of sp³-hybridized carbons (Fsp3) is 0.125. The van der Waals surface area contributed by atoms with Gasteiger partial charge in [-0.3, -0.25) is 4.98 Å². The van der Waals surface area contributed by atoms with Gasteiger partial charge in [0.15, 0.2) is 0 Å². The van der Waals surface area contributed by atoms with E-state index in [-0.39, 0.29) is 6.42 Å². The van der Waals surface area contributed by atoms with Crippen LogP contribution >= 0.6 is 11.3 Å². The van der Waals surface area contributed by atoms with Crippen molar-refractivity contribution >= 4 is 22.4 Å². The molecule has 0 saturated heterocycles. The van der Waals surface area contributed by atoms with E-state index in [0.29, 0.717) is 16.8 Å². The Morgan fingerprint density at radius 1 is 1.06 bits per heavy atom. The molecule has 1 aliphatic carbocycles. The third kappa shape index (κ3) is 2.82.